The Morgan fingerprint density at radius 2 is 2.14 bits per heavy atom. The van der Waals surface area contributed by atoms with Crippen LogP contribution in [-0.4, -0.2) is 52.2 Å². The summed E-state index contributed by atoms with van der Waals surface area (Å²) in [6.45, 7) is 3.94. The molecule has 3 heterocycles. The van der Waals surface area contributed by atoms with Crippen LogP contribution in [0.15, 0.2) is 23.7 Å². The first-order valence-electron chi connectivity index (χ1n) is 9.39. The van der Waals surface area contributed by atoms with Gasteiger partial charge in [0.25, 0.3) is 0 Å². The molecule has 1 N–H and O–H groups in total. The van der Waals surface area contributed by atoms with Crippen LogP contribution < -0.4 is 0 Å². The van der Waals surface area contributed by atoms with Gasteiger partial charge in [0.05, 0.1) is 24.5 Å². The number of rotatable bonds is 6. The zero-order valence-corrected chi connectivity index (χ0v) is 16.9. The van der Waals surface area contributed by atoms with Crippen molar-refractivity contribution in [1.82, 2.24) is 14.7 Å². The van der Waals surface area contributed by atoms with E-state index in [2.05, 4.69) is 38.4 Å². The predicted molar refractivity (Wildman–Crippen MR) is 102 cm³/mol. The van der Waals surface area contributed by atoms with Crippen LogP contribution in [0.3, 0.4) is 0 Å². The van der Waals surface area contributed by atoms with E-state index in [1.807, 2.05) is 11.3 Å². The highest BCUT2D eigenvalue weighted by atomic mass is 32.1. The highest BCUT2D eigenvalue weighted by Crippen LogP contribution is 2.35. The molecule has 4 rings (SSSR count). The van der Waals surface area contributed by atoms with Gasteiger partial charge in [0.1, 0.15) is 0 Å². The number of nitrogens with zero attached hydrogens (tertiary/aromatic N) is 3. The first-order valence-corrected chi connectivity index (χ1v) is 10.3. The maximum atomic E-state index is 10.6. The number of hydrogen-bond acceptors (Lipinski definition) is 5. The number of carboxylic acids is 1. The Hall–Kier alpha value is -1.91. The van der Waals surface area contributed by atoms with Crippen LogP contribution in [0, 0.1) is 5.92 Å². The Labute approximate surface area is 170 Å². The van der Waals surface area contributed by atoms with Gasteiger partial charge in [-0.3, -0.25) is 9.58 Å². The normalized spacial score (nSPS) is 19.4. The molecular weight excluding hydrogens is 407 g/mol. The Kier molecular flexibility index (Phi) is 6.97. The molecule has 1 aliphatic carbocycles. The van der Waals surface area contributed by atoms with E-state index in [1.165, 1.54) is 29.0 Å². The van der Waals surface area contributed by atoms with Gasteiger partial charge in [-0.25, -0.2) is 4.79 Å². The molecule has 1 aliphatic heterocycles. The fourth-order valence-electron chi connectivity index (χ4n) is 3.43. The van der Waals surface area contributed by atoms with Crippen molar-refractivity contribution in [1.29, 1.82) is 0 Å². The monoisotopic (exact) mass is 431 g/mol. The summed E-state index contributed by atoms with van der Waals surface area (Å²) in [6, 6.07) is 4.70. The molecule has 0 saturated heterocycles. The quantitative estimate of drug-likeness (QED) is 0.755. The van der Waals surface area contributed by atoms with Gasteiger partial charge in [0.15, 0.2) is 0 Å². The Morgan fingerprint density at radius 1 is 1.41 bits per heavy atom. The third-order valence-electron chi connectivity index (χ3n) is 5.02. The average molecular weight is 431 g/mol. The largest absolute Gasteiger partial charge is 0.490 e. The average Bonchev–Trinajstić information content (AvgIpc) is 3.15. The van der Waals surface area contributed by atoms with Crippen LogP contribution in [0.5, 0.6) is 0 Å². The van der Waals surface area contributed by atoms with E-state index in [0.29, 0.717) is 6.04 Å². The number of fused-ring (bicyclic) bond motifs is 1. The van der Waals surface area contributed by atoms with Crippen molar-refractivity contribution in [2.45, 2.75) is 44.6 Å². The molecule has 1 saturated carbocycles. The summed E-state index contributed by atoms with van der Waals surface area (Å²) in [5.74, 6) is -1.91. The summed E-state index contributed by atoms with van der Waals surface area (Å²) < 4.78 is 39.6. The number of methoxy groups -OCH3 is 1. The zero-order valence-electron chi connectivity index (χ0n) is 16.1. The summed E-state index contributed by atoms with van der Waals surface area (Å²) in [7, 11) is 1.80. The summed E-state index contributed by atoms with van der Waals surface area (Å²) in [4.78, 5) is 12.9. The molecule has 29 heavy (non-hydrogen) atoms. The molecule has 10 heteroatoms. The van der Waals surface area contributed by atoms with Gasteiger partial charge in [-0.05, 0) is 42.2 Å². The third-order valence-corrected chi connectivity index (χ3v) is 5.88. The minimum absolute atomic E-state index is 0.331. The molecular formula is C19H24F3N3O3S. The fraction of sp³-hybridized carbons (Fsp3) is 0.579. The van der Waals surface area contributed by atoms with Crippen LogP contribution in [0.1, 0.15) is 35.0 Å². The van der Waals surface area contributed by atoms with Gasteiger partial charge >= 0.3 is 12.1 Å². The maximum absolute atomic E-state index is 10.6. The van der Waals surface area contributed by atoms with Gasteiger partial charge in [-0.2, -0.15) is 18.3 Å². The second-order valence-corrected chi connectivity index (χ2v) is 8.29. The van der Waals surface area contributed by atoms with Crippen molar-refractivity contribution >= 4 is 17.3 Å². The topological polar surface area (TPSA) is 67.6 Å². The van der Waals surface area contributed by atoms with E-state index in [0.717, 1.165) is 38.6 Å². The molecule has 0 aromatic carbocycles. The van der Waals surface area contributed by atoms with Gasteiger partial charge in [-0.1, -0.05) is 6.07 Å². The van der Waals surface area contributed by atoms with Gasteiger partial charge in [0, 0.05) is 31.6 Å². The molecule has 1 unspecified atom stereocenters. The second-order valence-electron chi connectivity index (χ2n) is 7.25. The number of aromatic nitrogens is 2. The lowest BCUT2D eigenvalue weighted by molar-refractivity contribution is -0.192. The van der Waals surface area contributed by atoms with Crippen LogP contribution in [-0.2, 0) is 29.0 Å². The third kappa shape index (κ3) is 5.80. The molecule has 2 aromatic heterocycles. The summed E-state index contributed by atoms with van der Waals surface area (Å²) in [5.41, 5.74) is 2.82. The molecule has 0 spiro atoms. The van der Waals surface area contributed by atoms with Crippen LogP contribution in [0.4, 0.5) is 13.2 Å². The van der Waals surface area contributed by atoms with E-state index >= 15 is 0 Å². The molecule has 2 aromatic rings. The molecule has 0 radical (unpaired) electrons. The van der Waals surface area contributed by atoms with Crippen molar-refractivity contribution in [2.75, 3.05) is 20.3 Å². The Bertz CT molecular complexity index is 803. The molecule has 160 valence electrons. The lowest BCUT2D eigenvalue weighted by Crippen LogP contribution is -2.38. The van der Waals surface area contributed by atoms with Gasteiger partial charge in [-0.15, -0.1) is 11.3 Å². The highest BCUT2D eigenvalue weighted by Gasteiger charge is 2.38. The standard InChI is InChI=1S/C17H23N3OS.C2HF3O2/c1-21-12-16-17-14(9-18-20(17)10-13-4-5-13)6-7-19(16)11-15-3-2-8-22-15;3-2(4,5)1(6)7/h2-3,8-9,13,16H,4-7,10-12H2,1H3;(H,6,7). The first-order chi connectivity index (χ1) is 13.8. The number of halogens is 3. The summed E-state index contributed by atoms with van der Waals surface area (Å²) >= 11 is 1.84. The molecule has 6 nitrogen and oxygen atoms in total. The van der Waals surface area contributed by atoms with Crippen molar-refractivity contribution in [3.63, 3.8) is 0 Å². The second kappa shape index (κ2) is 9.27. The van der Waals surface area contributed by atoms with E-state index in [1.54, 1.807) is 7.11 Å². The molecule has 2 aliphatic rings. The molecule has 1 fully saturated rings. The van der Waals surface area contributed by atoms with Gasteiger partial charge < -0.3 is 9.84 Å². The minimum Gasteiger partial charge on any atom is -0.475 e. The summed E-state index contributed by atoms with van der Waals surface area (Å²) in [6.07, 6.45) is 0.833. The Morgan fingerprint density at radius 3 is 2.69 bits per heavy atom. The minimum atomic E-state index is -5.08. The highest BCUT2D eigenvalue weighted by molar-refractivity contribution is 7.09. The lowest BCUT2D eigenvalue weighted by Gasteiger charge is -2.35. The van der Waals surface area contributed by atoms with Crippen molar-refractivity contribution < 1.29 is 27.8 Å². The lowest BCUT2D eigenvalue weighted by atomic mass is 10.00. The van der Waals surface area contributed by atoms with E-state index < -0.39 is 12.1 Å². The fourth-order valence-corrected chi connectivity index (χ4v) is 4.16. The van der Waals surface area contributed by atoms with E-state index in [9.17, 15) is 13.2 Å². The number of aliphatic carboxylic acids is 1. The van der Waals surface area contributed by atoms with Crippen LogP contribution in [0.25, 0.3) is 0 Å². The van der Waals surface area contributed by atoms with Crippen molar-refractivity contribution in [3.05, 3.63) is 39.8 Å². The number of carbonyl (C=O) groups is 1. The number of thiophene rings is 1. The summed E-state index contributed by atoms with van der Waals surface area (Å²) in [5, 5.41) is 14.0. The first kappa shape index (κ1) is 21.8. The van der Waals surface area contributed by atoms with E-state index in [-0.39, 0.29) is 0 Å². The molecule has 0 bridgehead atoms. The SMILES string of the molecule is COCC1c2c(cnn2CC2CC2)CCN1Cc1cccs1.O=C(O)C(F)(F)F. The predicted octanol–water partition coefficient (Wildman–Crippen LogP) is 3.73. The van der Waals surface area contributed by atoms with Crippen LogP contribution in [0.2, 0.25) is 0 Å². The molecule has 1 atom stereocenters. The van der Waals surface area contributed by atoms with Gasteiger partial charge in [0.2, 0.25) is 0 Å². The zero-order chi connectivity index (χ0) is 21.0. The molecule has 0 amide bonds. The van der Waals surface area contributed by atoms with Crippen molar-refractivity contribution in [2.24, 2.45) is 5.92 Å². The van der Waals surface area contributed by atoms with E-state index in [4.69, 9.17) is 14.6 Å². The van der Waals surface area contributed by atoms with Crippen LogP contribution >= 0.6 is 11.3 Å². The maximum Gasteiger partial charge on any atom is 0.490 e. The number of alkyl halides is 3. The Balaban J connectivity index is 0.000000298. The number of carboxylic acid groups (broad SMARTS) is 1. The smallest absolute Gasteiger partial charge is 0.475 e. The number of hydrogen-bond donors (Lipinski definition) is 1. The van der Waals surface area contributed by atoms with Crippen molar-refractivity contribution in [3.8, 4) is 0 Å². The number of ether oxygens (including phenoxy) is 1.